The van der Waals surface area contributed by atoms with Crippen molar-refractivity contribution in [2.75, 3.05) is 21.3 Å². The second-order valence-corrected chi connectivity index (χ2v) is 5.92. The summed E-state index contributed by atoms with van der Waals surface area (Å²) in [4.78, 5) is 59.1. The largest absolute Gasteiger partial charge is 0.467 e. The second kappa shape index (κ2) is 10.8. The lowest BCUT2D eigenvalue weighted by Gasteiger charge is -2.18. The maximum Gasteiger partial charge on any atom is 0.339 e. The summed E-state index contributed by atoms with van der Waals surface area (Å²) in [5, 5.41) is 2.45. The number of benzene rings is 1. The fraction of sp³-hybridized carbons (Fsp3) is 0.421. The third-order valence-electron chi connectivity index (χ3n) is 3.81. The number of carbonyl (C=O) groups is 5. The zero-order valence-corrected chi connectivity index (χ0v) is 16.8. The number of ether oxygens (including phenoxy) is 4. The van der Waals surface area contributed by atoms with Crippen LogP contribution in [-0.4, -0.2) is 57.2 Å². The summed E-state index contributed by atoms with van der Waals surface area (Å²) in [5.41, 5.74) is 0.310. The van der Waals surface area contributed by atoms with Gasteiger partial charge in [0.05, 0.1) is 32.5 Å². The number of hydrogen-bond donors (Lipinski definition) is 1. The molecular formula is C19H23NO9. The Bertz CT molecular complexity index is 816. The Balaban J connectivity index is 3.53. The number of methoxy groups -OCH3 is 3. The summed E-state index contributed by atoms with van der Waals surface area (Å²) in [6.45, 7) is 2.11. The lowest BCUT2D eigenvalue weighted by molar-refractivity contribution is -0.144. The van der Waals surface area contributed by atoms with Gasteiger partial charge in [0.25, 0.3) is 0 Å². The van der Waals surface area contributed by atoms with Gasteiger partial charge in [-0.15, -0.1) is 0 Å². The van der Waals surface area contributed by atoms with Gasteiger partial charge in [0.15, 0.2) is 0 Å². The summed E-state index contributed by atoms with van der Waals surface area (Å²) in [5.74, 6) is -3.41. The van der Waals surface area contributed by atoms with E-state index in [0.717, 1.165) is 14.2 Å². The summed E-state index contributed by atoms with van der Waals surface area (Å²) in [7, 11) is 3.44. The first kappa shape index (κ1) is 23.6. The average Bonchev–Trinajstić information content (AvgIpc) is 2.68. The zero-order valence-electron chi connectivity index (χ0n) is 16.8. The first-order valence-corrected chi connectivity index (χ1v) is 8.45. The molecule has 1 aromatic carbocycles. The molecule has 10 heteroatoms. The Hall–Kier alpha value is -3.43. The Morgan fingerprint density at radius 2 is 1.55 bits per heavy atom. The highest BCUT2D eigenvalue weighted by molar-refractivity contribution is 6.04. The van der Waals surface area contributed by atoms with E-state index >= 15 is 0 Å². The molecule has 10 nitrogen and oxygen atoms in total. The average molecular weight is 409 g/mol. The van der Waals surface area contributed by atoms with Crippen LogP contribution in [0.1, 0.15) is 45.7 Å². The van der Waals surface area contributed by atoms with Crippen LogP contribution < -0.4 is 5.32 Å². The molecule has 158 valence electrons. The quantitative estimate of drug-likeness (QED) is 0.482. The summed E-state index contributed by atoms with van der Waals surface area (Å²) in [6.07, 6.45) is -0.0508. The molecule has 29 heavy (non-hydrogen) atoms. The molecule has 0 fully saturated rings. The highest BCUT2D eigenvalue weighted by atomic mass is 16.5. The van der Waals surface area contributed by atoms with Gasteiger partial charge in [0.2, 0.25) is 5.91 Å². The molecule has 0 aliphatic carbocycles. The molecule has 0 radical (unpaired) electrons. The van der Waals surface area contributed by atoms with Crippen LogP contribution in [0.15, 0.2) is 12.1 Å². The molecule has 0 aliphatic rings. The first-order chi connectivity index (χ1) is 13.6. The number of esters is 4. The number of carbonyl (C=O) groups excluding carboxylic acids is 5. The van der Waals surface area contributed by atoms with Gasteiger partial charge in [-0.25, -0.2) is 14.4 Å². The topological polar surface area (TPSA) is 134 Å². The number of amides is 1. The van der Waals surface area contributed by atoms with Gasteiger partial charge < -0.3 is 24.3 Å². The van der Waals surface area contributed by atoms with Crippen molar-refractivity contribution in [1.82, 2.24) is 5.32 Å². The van der Waals surface area contributed by atoms with E-state index in [1.807, 2.05) is 0 Å². The third kappa shape index (κ3) is 6.59. The molecule has 1 amide bonds. The van der Waals surface area contributed by atoms with Gasteiger partial charge in [-0.1, -0.05) is 6.07 Å². The van der Waals surface area contributed by atoms with E-state index in [2.05, 4.69) is 10.1 Å². The molecule has 0 heterocycles. The fourth-order valence-corrected chi connectivity index (χ4v) is 2.61. The number of rotatable bonds is 8. The minimum atomic E-state index is -1.03. The van der Waals surface area contributed by atoms with Crippen LogP contribution in [0, 0.1) is 0 Å². The molecule has 0 bridgehead atoms. The van der Waals surface area contributed by atoms with Gasteiger partial charge in [0, 0.05) is 25.8 Å². The monoisotopic (exact) mass is 409 g/mol. The molecule has 1 aromatic rings. The van der Waals surface area contributed by atoms with Crippen LogP contribution in [0.5, 0.6) is 0 Å². The maximum atomic E-state index is 12.3. The minimum Gasteiger partial charge on any atom is -0.467 e. The third-order valence-corrected chi connectivity index (χ3v) is 3.81. The van der Waals surface area contributed by atoms with E-state index in [-0.39, 0.29) is 29.7 Å². The lowest BCUT2D eigenvalue weighted by atomic mass is 9.94. The van der Waals surface area contributed by atoms with Crippen LogP contribution in [0.4, 0.5) is 0 Å². The molecule has 1 N–H and O–H groups in total. The smallest absolute Gasteiger partial charge is 0.339 e. The van der Waals surface area contributed by atoms with E-state index in [0.29, 0.717) is 5.56 Å². The predicted octanol–water partition coefficient (Wildman–Crippen LogP) is 0.543. The molecule has 0 saturated carbocycles. The minimum absolute atomic E-state index is 0.0508. The number of nitrogens with one attached hydrogen (secondary N) is 1. The highest BCUT2D eigenvalue weighted by Crippen LogP contribution is 2.23. The van der Waals surface area contributed by atoms with E-state index in [1.165, 1.54) is 33.1 Å². The van der Waals surface area contributed by atoms with Crippen molar-refractivity contribution < 1.29 is 42.9 Å². The Kier molecular flexibility index (Phi) is 8.78. The lowest BCUT2D eigenvalue weighted by Crippen LogP contribution is -2.42. The molecule has 0 saturated heterocycles. The molecule has 0 spiro atoms. The molecule has 0 aliphatic heterocycles. The Morgan fingerprint density at radius 3 is 2.03 bits per heavy atom. The normalized spacial score (nSPS) is 11.1. The van der Waals surface area contributed by atoms with Gasteiger partial charge in [-0.05, 0) is 11.6 Å². The summed E-state index contributed by atoms with van der Waals surface area (Å²) < 4.78 is 19.1. The maximum absolute atomic E-state index is 12.3. The molecule has 1 unspecified atom stereocenters. The molecule has 1 rings (SSSR count). The van der Waals surface area contributed by atoms with Crippen molar-refractivity contribution in [3.63, 3.8) is 0 Å². The van der Waals surface area contributed by atoms with Crippen LogP contribution in [0.3, 0.4) is 0 Å². The zero-order chi connectivity index (χ0) is 22.1. The van der Waals surface area contributed by atoms with Gasteiger partial charge >= 0.3 is 23.9 Å². The van der Waals surface area contributed by atoms with Crippen LogP contribution in [0.2, 0.25) is 0 Å². The van der Waals surface area contributed by atoms with Crippen molar-refractivity contribution in [2.24, 2.45) is 0 Å². The van der Waals surface area contributed by atoms with Gasteiger partial charge in [-0.3, -0.25) is 9.59 Å². The Morgan fingerprint density at radius 1 is 0.931 bits per heavy atom. The predicted molar refractivity (Wildman–Crippen MR) is 97.9 cm³/mol. The van der Waals surface area contributed by atoms with Crippen molar-refractivity contribution >= 4 is 29.8 Å². The second-order valence-electron chi connectivity index (χ2n) is 5.92. The van der Waals surface area contributed by atoms with Crippen molar-refractivity contribution in [2.45, 2.75) is 32.9 Å². The number of hydrogen-bond acceptors (Lipinski definition) is 9. The fourth-order valence-electron chi connectivity index (χ4n) is 2.61. The summed E-state index contributed by atoms with van der Waals surface area (Å²) >= 11 is 0. The molecular weight excluding hydrogens is 386 g/mol. The Labute approximate surface area is 167 Å². The van der Waals surface area contributed by atoms with E-state index in [1.54, 1.807) is 0 Å². The SMILES string of the molecule is COC(=O)c1cc(CC(NC(C)=O)C(=O)OC)cc(COC(C)=O)c1C(=O)OC. The molecule has 1 atom stereocenters. The first-order valence-electron chi connectivity index (χ1n) is 8.45. The van der Waals surface area contributed by atoms with Crippen molar-refractivity contribution in [1.29, 1.82) is 0 Å². The van der Waals surface area contributed by atoms with Crippen LogP contribution >= 0.6 is 0 Å². The van der Waals surface area contributed by atoms with Crippen molar-refractivity contribution in [3.8, 4) is 0 Å². The van der Waals surface area contributed by atoms with Gasteiger partial charge in [0.1, 0.15) is 12.6 Å². The molecule has 0 aromatic heterocycles. The van der Waals surface area contributed by atoms with Crippen molar-refractivity contribution in [3.05, 3.63) is 34.4 Å². The standard InChI is InChI=1S/C19H23NO9/c1-10(21)20-15(18(24)27-4)8-12-6-13(9-29-11(2)22)16(19(25)28-5)14(7-12)17(23)26-3/h6-7,15H,8-9H2,1-5H3,(H,20,21). The van der Waals surface area contributed by atoms with E-state index in [4.69, 9.17) is 14.2 Å². The highest BCUT2D eigenvalue weighted by Gasteiger charge is 2.27. The van der Waals surface area contributed by atoms with Crippen LogP contribution in [0.25, 0.3) is 0 Å². The van der Waals surface area contributed by atoms with E-state index < -0.39 is 35.8 Å². The van der Waals surface area contributed by atoms with Gasteiger partial charge in [-0.2, -0.15) is 0 Å². The summed E-state index contributed by atoms with van der Waals surface area (Å²) in [6, 6.07) is 1.78. The van der Waals surface area contributed by atoms with Crippen LogP contribution in [-0.2, 0) is 46.4 Å². The van der Waals surface area contributed by atoms with E-state index in [9.17, 15) is 24.0 Å².